The van der Waals surface area contributed by atoms with Crippen molar-refractivity contribution in [3.8, 4) is 0 Å². The van der Waals surface area contributed by atoms with Gasteiger partial charge in [-0.05, 0) is 6.07 Å². The molecule has 0 fully saturated rings. The molecular formula is C7H4N4. The molecule has 0 atom stereocenters. The Labute approximate surface area is 62.9 Å². The summed E-state index contributed by atoms with van der Waals surface area (Å²) in [5, 5.41) is 3.89. The van der Waals surface area contributed by atoms with Gasteiger partial charge >= 0.3 is 0 Å². The van der Waals surface area contributed by atoms with Crippen LogP contribution in [0.2, 0.25) is 0 Å². The van der Waals surface area contributed by atoms with Gasteiger partial charge in [0, 0.05) is 6.20 Å². The Morgan fingerprint density at radius 3 is 3.18 bits per heavy atom. The summed E-state index contributed by atoms with van der Waals surface area (Å²) >= 11 is 0. The smallest absolute Gasteiger partial charge is 0.205 e. The Kier molecular flexibility index (Phi) is 1.10. The molecule has 0 amide bonds. The molecule has 2 heterocycles. The first kappa shape index (κ1) is 5.86. The minimum atomic E-state index is 0.572. The summed E-state index contributed by atoms with van der Waals surface area (Å²) in [6, 6.07) is 3.48. The van der Waals surface area contributed by atoms with Gasteiger partial charge in [-0.3, -0.25) is 0 Å². The average molecular weight is 144 g/mol. The highest BCUT2D eigenvalue weighted by Crippen LogP contribution is 2.10. The minimum Gasteiger partial charge on any atom is -0.237 e. The minimum absolute atomic E-state index is 0.572. The van der Waals surface area contributed by atoms with Gasteiger partial charge in [0.15, 0.2) is 5.65 Å². The van der Waals surface area contributed by atoms with Crippen LogP contribution in [0.15, 0.2) is 24.7 Å². The Hall–Kier alpha value is -1.89. The van der Waals surface area contributed by atoms with Crippen LogP contribution in [0, 0.1) is 6.57 Å². The van der Waals surface area contributed by atoms with Crippen molar-refractivity contribution < 1.29 is 0 Å². The molecule has 2 rings (SSSR count). The second-order valence-corrected chi connectivity index (χ2v) is 2.06. The second kappa shape index (κ2) is 2.06. The molecule has 0 aliphatic rings. The summed E-state index contributed by atoms with van der Waals surface area (Å²) in [4.78, 5) is 7.20. The van der Waals surface area contributed by atoms with Crippen molar-refractivity contribution in [3.05, 3.63) is 36.1 Å². The summed E-state index contributed by atoms with van der Waals surface area (Å²) in [5.41, 5.74) is 1.33. The van der Waals surface area contributed by atoms with E-state index in [0.29, 0.717) is 5.69 Å². The lowest BCUT2D eigenvalue weighted by atomic mass is 10.4. The first-order valence-electron chi connectivity index (χ1n) is 3.07. The third-order valence-corrected chi connectivity index (χ3v) is 1.39. The Balaban J connectivity index is 2.79. The zero-order valence-electron chi connectivity index (χ0n) is 5.60. The van der Waals surface area contributed by atoms with E-state index in [-0.39, 0.29) is 0 Å². The van der Waals surface area contributed by atoms with Crippen LogP contribution in [0.4, 0.5) is 5.69 Å². The van der Waals surface area contributed by atoms with E-state index >= 15 is 0 Å². The highest BCUT2D eigenvalue weighted by molar-refractivity contribution is 5.49. The summed E-state index contributed by atoms with van der Waals surface area (Å²) in [6.45, 7) is 6.74. The second-order valence-electron chi connectivity index (χ2n) is 2.06. The summed E-state index contributed by atoms with van der Waals surface area (Å²) in [7, 11) is 0. The first-order valence-corrected chi connectivity index (χ1v) is 3.07. The predicted molar refractivity (Wildman–Crippen MR) is 39.2 cm³/mol. The van der Waals surface area contributed by atoms with Crippen molar-refractivity contribution in [2.45, 2.75) is 0 Å². The van der Waals surface area contributed by atoms with Gasteiger partial charge in [-0.25, -0.2) is 14.3 Å². The van der Waals surface area contributed by atoms with E-state index in [0.717, 1.165) is 5.65 Å². The number of aromatic nitrogens is 3. The van der Waals surface area contributed by atoms with Crippen LogP contribution in [0.25, 0.3) is 10.5 Å². The fourth-order valence-corrected chi connectivity index (χ4v) is 0.872. The van der Waals surface area contributed by atoms with Crippen LogP contribution >= 0.6 is 0 Å². The van der Waals surface area contributed by atoms with E-state index < -0.39 is 0 Å². The highest BCUT2D eigenvalue weighted by atomic mass is 15.3. The number of nitrogens with zero attached hydrogens (tertiary/aromatic N) is 4. The molecule has 0 saturated heterocycles. The maximum Gasteiger partial charge on any atom is 0.205 e. The van der Waals surface area contributed by atoms with Gasteiger partial charge in [-0.2, -0.15) is 5.10 Å². The molecule has 0 aromatic carbocycles. The third kappa shape index (κ3) is 0.829. The molecule has 4 heteroatoms. The van der Waals surface area contributed by atoms with E-state index in [1.807, 2.05) is 0 Å². The van der Waals surface area contributed by atoms with Crippen molar-refractivity contribution in [3.63, 3.8) is 0 Å². The van der Waals surface area contributed by atoms with Crippen molar-refractivity contribution >= 4 is 11.3 Å². The van der Waals surface area contributed by atoms with E-state index in [2.05, 4.69) is 14.9 Å². The normalized spacial score (nSPS) is 9.73. The first-order chi connectivity index (χ1) is 5.40. The molecule has 2 aromatic heterocycles. The van der Waals surface area contributed by atoms with Crippen LogP contribution in [0.3, 0.4) is 0 Å². The molecule has 11 heavy (non-hydrogen) atoms. The maximum atomic E-state index is 6.74. The van der Waals surface area contributed by atoms with Crippen molar-refractivity contribution in [2.24, 2.45) is 0 Å². The number of pyridine rings is 1. The quantitative estimate of drug-likeness (QED) is 0.522. The zero-order valence-corrected chi connectivity index (χ0v) is 5.60. The summed E-state index contributed by atoms with van der Waals surface area (Å²) in [6.07, 6.45) is 3.11. The van der Waals surface area contributed by atoms with Gasteiger partial charge in [0.05, 0.1) is 6.57 Å². The molecule has 0 saturated carbocycles. The fraction of sp³-hybridized carbons (Fsp3) is 0. The van der Waals surface area contributed by atoms with Gasteiger partial charge in [0.2, 0.25) is 5.69 Å². The molecule has 4 nitrogen and oxygen atoms in total. The van der Waals surface area contributed by atoms with E-state index in [9.17, 15) is 0 Å². The third-order valence-electron chi connectivity index (χ3n) is 1.39. The molecule has 0 radical (unpaired) electrons. The predicted octanol–water partition coefficient (Wildman–Crippen LogP) is 1.28. The molecule has 0 unspecified atom stereocenters. The highest BCUT2D eigenvalue weighted by Gasteiger charge is 1.94. The molecule has 0 spiro atoms. The molecule has 0 aliphatic carbocycles. The van der Waals surface area contributed by atoms with Gasteiger partial charge in [-0.15, -0.1) is 0 Å². The summed E-state index contributed by atoms with van der Waals surface area (Å²) in [5.74, 6) is 0. The van der Waals surface area contributed by atoms with Crippen LogP contribution in [-0.2, 0) is 0 Å². The Bertz CT molecular complexity index is 423. The van der Waals surface area contributed by atoms with Gasteiger partial charge in [0.25, 0.3) is 0 Å². The molecule has 0 N–H and O–H groups in total. The lowest BCUT2D eigenvalue weighted by Crippen LogP contribution is -1.83. The molecule has 2 aromatic rings. The monoisotopic (exact) mass is 144 g/mol. The standard InChI is InChI=1S/C7H4N4/c1-8-6-2-3-7-9-5-10-11(7)4-6/h2-5H. The van der Waals surface area contributed by atoms with E-state index in [4.69, 9.17) is 6.57 Å². The fourth-order valence-electron chi connectivity index (χ4n) is 0.872. The van der Waals surface area contributed by atoms with Gasteiger partial charge < -0.3 is 0 Å². The Morgan fingerprint density at radius 1 is 1.45 bits per heavy atom. The lowest BCUT2D eigenvalue weighted by molar-refractivity contribution is 0.964. The number of hydrogen-bond acceptors (Lipinski definition) is 2. The zero-order chi connectivity index (χ0) is 7.68. The van der Waals surface area contributed by atoms with Crippen LogP contribution < -0.4 is 0 Å². The van der Waals surface area contributed by atoms with Crippen LogP contribution in [0.5, 0.6) is 0 Å². The molecule has 0 bridgehead atoms. The van der Waals surface area contributed by atoms with Crippen LogP contribution in [0.1, 0.15) is 0 Å². The summed E-state index contributed by atoms with van der Waals surface area (Å²) < 4.78 is 1.58. The topological polar surface area (TPSA) is 34.5 Å². The largest absolute Gasteiger partial charge is 0.237 e. The van der Waals surface area contributed by atoms with Crippen molar-refractivity contribution in [1.29, 1.82) is 0 Å². The van der Waals surface area contributed by atoms with Crippen LogP contribution in [-0.4, -0.2) is 14.6 Å². The van der Waals surface area contributed by atoms with Gasteiger partial charge in [-0.1, -0.05) is 6.07 Å². The molecule has 0 aliphatic heterocycles. The maximum absolute atomic E-state index is 6.74. The lowest BCUT2D eigenvalue weighted by Gasteiger charge is -1.89. The van der Waals surface area contributed by atoms with Crippen molar-refractivity contribution in [2.75, 3.05) is 0 Å². The van der Waals surface area contributed by atoms with E-state index in [1.54, 1.807) is 22.8 Å². The molecular weight excluding hydrogens is 140 g/mol. The van der Waals surface area contributed by atoms with Gasteiger partial charge in [0.1, 0.15) is 6.33 Å². The average Bonchev–Trinajstić information content (AvgIpc) is 2.50. The SMILES string of the molecule is [C-]#[N+]c1ccc2ncnn2c1. The molecule has 52 valence electrons. The number of rotatable bonds is 0. The number of fused-ring (bicyclic) bond motifs is 1. The van der Waals surface area contributed by atoms with Crippen molar-refractivity contribution in [1.82, 2.24) is 14.6 Å². The number of hydrogen-bond donors (Lipinski definition) is 0. The Morgan fingerprint density at radius 2 is 2.36 bits per heavy atom. The van der Waals surface area contributed by atoms with E-state index in [1.165, 1.54) is 6.33 Å².